The van der Waals surface area contributed by atoms with E-state index in [0.717, 1.165) is 17.0 Å². The van der Waals surface area contributed by atoms with Crippen LogP contribution in [-0.4, -0.2) is 20.9 Å². The van der Waals surface area contributed by atoms with Gasteiger partial charge in [0.05, 0.1) is 16.4 Å². The number of hydrogen-bond acceptors (Lipinski definition) is 4. The summed E-state index contributed by atoms with van der Waals surface area (Å²) in [6.07, 6.45) is 0.923. The highest BCUT2D eigenvalue weighted by Crippen LogP contribution is 2.25. The maximum absolute atomic E-state index is 12.3. The minimum atomic E-state index is -3.63. The van der Waals surface area contributed by atoms with Crippen molar-refractivity contribution in [3.63, 3.8) is 0 Å². The van der Waals surface area contributed by atoms with E-state index >= 15 is 0 Å². The molecule has 0 fully saturated rings. The molecule has 0 aliphatic rings. The van der Waals surface area contributed by atoms with Crippen LogP contribution in [0.3, 0.4) is 0 Å². The maximum atomic E-state index is 12.3. The summed E-state index contributed by atoms with van der Waals surface area (Å²) in [6.45, 7) is 8.21. The SMILES string of the molecule is CC(C)CNC(=O)C(C)(C)c1ccc(S(=O)(=O)C=CC#N)cc1. The molecule has 1 N–H and O–H groups in total. The van der Waals surface area contributed by atoms with Crippen LogP contribution in [-0.2, 0) is 20.0 Å². The summed E-state index contributed by atoms with van der Waals surface area (Å²) in [5.74, 6) is 0.250. The Morgan fingerprint density at radius 3 is 2.35 bits per heavy atom. The molecule has 1 aromatic rings. The van der Waals surface area contributed by atoms with Crippen molar-refractivity contribution >= 4 is 15.7 Å². The van der Waals surface area contributed by atoms with E-state index in [2.05, 4.69) is 5.32 Å². The minimum absolute atomic E-state index is 0.0890. The molecule has 5 nitrogen and oxygen atoms in total. The van der Waals surface area contributed by atoms with Gasteiger partial charge in [0.15, 0.2) is 0 Å². The Labute approximate surface area is 137 Å². The van der Waals surface area contributed by atoms with Gasteiger partial charge in [0.2, 0.25) is 15.7 Å². The summed E-state index contributed by atoms with van der Waals surface area (Å²) in [5, 5.41) is 12.2. The highest BCUT2D eigenvalue weighted by atomic mass is 32.2. The maximum Gasteiger partial charge on any atom is 0.230 e. The monoisotopic (exact) mass is 334 g/mol. The first-order valence-electron chi connectivity index (χ1n) is 7.31. The standard InChI is InChI=1S/C17H22N2O3S/c1-13(2)12-19-16(20)17(3,4)14-6-8-15(9-7-14)23(21,22)11-5-10-18/h5-9,11,13H,12H2,1-4H3,(H,19,20). The molecule has 124 valence electrons. The Hall–Kier alpha value is -2.13. The number of allylic oxidation sites excluding steroid dienone is 1. The normalized spacial score (nSPS) is 12.3. The fourth-order valence-electron chi connectivity index (χ4n) is 1.91. The molecule has 0 bridgehead atoms. The van der Waals surface area contributed by atoms with Gasteiger partial charge in [-0.25, -0.2) is 8.42 Å². The quantitative estimate of drug-likeness (QED) is 0.810. The first-order valence-corrected chi connectivity index (χ1v) is 8.86. The molecular weight excluding hydrogens is 312 g/mol. The molecule has 0 spiro atoms. The van der Waals surface area contributed by atoms with Crippen LogP contribution in [0.1, 0.15) is 33.3 Å². The Kier molecular flexibility index (Phi) is 6.11. The van der Waals surface area contributed by atoms with Crippen LogP contribution in [0.25, 0.3) is 0 Å². The summed E-state index contributed by atoms with van der Waals surface area (Å²) in [5.41, 5.74) is -0.0402. The van der Waals surface area contributed by atoms with Gasteiger partial charge in [-0.1, -0.05) is 26.0 Å². The van der Waals surface area contributed by atoms with Crippen LogP contribution < -0.4 is 5.32 Å². The van der Waals surface area contributed by atoms with Gasteiger partial charge in [0, 0.05) is 18.0 Å². The molecule has 1 rings (SSSR count). The molecule has 0 unspecified atom stereocenters. The van der Waals surface area contributed by atoms with E-state index in [1.807, 2.05) is 13.8 Å². The van der Waals surface area contributed by atoms with Crippen LogP contribution in [0, 0.1) is 17.2 Å². The first kappa shape index (κ1) is 18.9. The second kappa shape index (κ2) is 7.42. The van der Waals surface area contributed by atoms with E-state index in [1.165, 1.54) is 12.1 Å². The Bertz CT molecular complexity index is 724. The third-order valence-corrected chi connectivity index (χ3v) is 4.89. The van der Waals surface area contributed by atoms with Gasteiger partial charge in [-0.3, -0.25) is 4.79 Å². The molecule has 0 heterocycles. The fraction of sp³-hybridized carbons (Fsp3) is 0.412. The van der Waals surface area contributed by atoms with Crippen molar-refractivity contribution < 1.29 is 13.2 Å². The number of carbonyl (C=O) groups excluding carboxylic acids is 1. The van der Waals surface area contributed by atoms with E-state index in [0.29, 0.717) is 12.5 Å². The molecule has 0 atom stereocenters. The van der Waals surface area contributed by atoms with E-state index in [-0.39, 0.29) is 10.8 Å². The molecular formula is C17H22N2O3S. The van der Waals surface area contributed by atoms with Crippen molar-refractivity contribution in [1.82, 2.24) is 5.32 Å². The Morgan fingerprint density at radius 1 is 1.30 bits per heavy atom. The van der Waals surface area contributed by atoms with Crippen molar-refractivity contribution in [2.45, 2.75) is 38.0 Å². The summed E-state index contributed by atoms with van der Waals surface area (Å²) < 4.78 is 23.9. The lowest BCUT2D eigenvalue weighted by Crippen LogP contribution is -2.41. The van der Waals surface area contributed by atoms with Crippen LogP contribution in [0.2, 0.25) is 0 Å². The van der Waals surface area contributed by atoms with Gasteiger partial charge >= 0.3 is 0 Å². The zero-order valence-electron chi connectivity index (χ0n) is 13.8. The Morgan fingerprint density at radius 2 is 1.87 bits per heavy atom. The number of hydrogen-bond donors (Lipinski definition) is 1. The van der Waals surface area contributed by atoms with Crippen molar-refractivity contribution in [2.24, 2.45) is 5.92 Å². The van der Waals surface area contributed by atoms with Crippen LogP contribution in [0.5, 0.6) is 0 Å². The predicted octanol–water partition coefficient (Wildman–Crippen LogP) is 2.55. The molecule has 23 heavy (non-hydrogen) atoms. The molecule has 6 heteroatoms. The number of nitrogens with zero attached hydrogens (tertiary/aromatic N) is 1. The van der Waals surface area contributed by atoms with Gasteiger partial charge in [-0.2, -0.15) is 5.26 Å². The number of rotatable bonds is 6. The predicted molar refractivity (Wildman–Crippen MR) is 89.3 cm³/mol. The molecule has 0 saturated heterocycles. The van der Waals surface area contributed by atoms with Crippen molar-refractivity contribution in [1.29, 1.82) is 5.26 Å². The van der Waals surface area contributed by atoms with E-state index in [9.17, 15) is 13.2 Å². The molecule has 1 amide bonds. The average molecular weight is 334 g/mol. The van der Waals surface area contributed by atoms with Gasteiger partial charge < -0.3 is 5.32 Å². The largest absolute Gasteiger partial charge is 0.355 e. The topological polar surface area (TPSA) is 87.0 Å². The zero-order chi connectivity index (χ0) is 17.7. The van der Waals surface area contributed by atoms with E-state index in [1.54, 1.807) is 32.0 Å². The van der Waals surface area contributed by atoms with Crippen LogP contribution >= 0.6 is 0 Å². The van der Waals surface area contributed by atoms with Gasteiger partial charge in [0.25, 0.3) is 0 Å². The number of benzene rings is 1. The lowest BCUT2D eigenvalue weighted by molar-refractivity contribution is -0.125. The lowest BCUT2D eigenvalue weighted by atomic mass is 9.83. The van der Waals surface area contributed by atoms with Gasteiger partial charge in [0.1, 0.15) is 0 Å². The van der Waals surface area contributed by atoms with Crippen molar-refractivity contribution in [2.75, 3.05) is 6.54 Å². The zero-order valence-corrected chi connectivity index (χ0v) is 14.6. The minimum Gasteiger partial charge on any atom is -0.355 e. The summed E-state index contributed by atoms with van der Waals surface area (Å²) in [4.78, 5) is 12.4. The summed E-state index contributed by atoms with van der Waals surface area (Å²) >= 11 is 0. The molecule has 1 aromatic carbocycles. The highest BCUT2D eigenvalue weighted by molar-refractivity contribution is 7.94. The summed E-state index contributed by atoms with van der Waals surface area (Å²) in [6, 6.07) is 7.81. The highest BCUT2D eigenvalue weighted by Gasteiger charge is 2.29. The smallest absolute Gasteiger partial charge is 0.230 e. The second-order valence-electron chi connectivity index (χ2n) is 6.23. The van der Waals surface area contributed by atoms with Crippen LogP contribution in [0.15, 0.2) is 40.6 Å². The number of nitriles is 1. The first-order chi connectivity index (χ1) is 10.6. The van der Waals surface area contributed by atoms with Crippen molar-refractivity contribution in [3.8, 4) is 6.07 Å². The number of carbonyl (C=O) groups is 1. The van der Waals surface area contributed by atoms with Gasteiger partial charge in [-0.05, 0) is 37.5 Å². The molecule has 0 aliphatic heterocycles. The number of amides is 1. The number of sulfone groups is 1. The van der Waals surface area contributed by atoms with E-state index in [4.69, 9.17) is 5.26 Å². The average Bonchev–Trinajstić information content (AvgIpc) is 2.50. The van der Waals surface area contributed by atoms with E-state index < -0.39 is 15.3 Å². The van der Waals surface area contributed by atoms with Crippen LogP contribution in [0.4, 0.5) is 0 Å². The fourth-order valence-corrected chi connectivity index (χ4v) is 2.82. The number of nitrogens with one attached hydrogen (secondary N) is 1. The third kappa shape index (κ3) is 4.93. The molecule has 0 aromatic heterocycles. The molecule has 0 radical (unpaired) electrons. The van der Waals surface area contributed by atoms with Crippen molar-refractivity contribution in [3.05, 3.63) is 41.3 Å². The lowest BCUT2D eigenvalue weighted by Gasteiger charge is -2.25. The second-order valence-corrected chi connectivity index (χ2v) is 8.06. The Balaban J connectivity index is 3.02. The summed E-state index contributed by atoms with van der Waals surface area (Å²) in [7, 11) is -3.63. The van der Waals surface area contributed by atoms with Gasteiger partial charge in [-0.15, -0.1) is 0 Å². The molecule has 0 aliphatic carbocycles. The third-order valence-electron chi connectivity index (χ3n) is 3.46. The molecule has 0 saturated carbocycles.